The van der Waals surface area contributed by atoms with Crippen molar-refractivity contribution in [3.63, 3.8) is 0 Å². The monoisotopic (exact) mass is 333 g/mol. The van der Waals surface area contributed by atoms with Crippen molar-refractivity contribution in [1.29, 1.82) is 0 Å². The van der Waals surface area contributed by atoms with E-state index in [1.165, 1.54) is 25.0 Å². The van der Waals surface area contributed by atoms with Gasteiger partial charge in [-0.15, -0.1) is 0 Å². The molecule has 0 radical (unpaired) electrons. The second-order valence-electron chi connectivity index (χ2n) is 6.64. The maximum atomic E-state index is 12.9. The van der Waals surface area contributed by atoms with Gasteiger partial charge in [0.2, 0.25) is 11.8 Å². The van der Waals surface area contributed by atoms with Crippen LogP contribution in [0.2, 0.25) is 0 Å². The quantitative estimate of drug-likeness (QED) is 0.918. The fourth-order valence-corrected chi connectivity index (χ4v) is 3.49. The molecule has 1 aliphatic carbocycles. The van der Waals surface area contributed by atoms with E-state index in [-0.39, 0.29) is 17.6 Å². The van der Waals surface area contributed by atoms with Gasteiger partial charge in [0.25, 0.3) is 0 Å². The molecule has 3 rings (SSSR count). The molecule has 1 N–H and O–H groups in total. The largest absolute Gasteiger partial charge is 0.340 e. The zero-order chi connectivity index (χ0) is 16.9. The third-order valence-corrected chi connectivity index (χ3v) is 4.88. The highest BCUT2D eigenvalue weighted by atomic mass is 19.1. The number of nitrogens with zero attached hydrogens (tertiary/aromatic N) is 2. The Bertz CT molecular complexity index is 576. The van der Waals surface area contributed by atoms with Gasteiger partial charge in [0.1, 0.15) is 5.82 Å². The van der Waals surface area contributed by atoms with Crippen LogP contribution in [0.4, 0.5) is 10.1 Å². The molecule has 0 aromatic heterocycles. The Kier molecular flexibility index (Phi) is 5.45. The fraction of sp³-hybridized carbons (Fsp3) is 0.556. The van der Waals surface area contributed by atoms with Crippen molar-refractivity contribution in [2.45, 2.75) is 25.7 Å². The van der Waals surface area contributed by atoms with Crippen molar-refractivity contribution in [3.8, 4) is 0 Å². The topological polar surface area (TPSA) is 52.7 Å². The summed E-state index contributed by atoms with van der Waals surface area (Å²) >= 11 is 0. The average molecular weight is 333 g/mol. The number of halogens is 1. The van der Waals surface area contributed by atoms with Crippen LogP contribution in [0, 0.1) is 11.7 Å². The molecule has 24 heavy (non-hydrogen) atoms. The number of anilines is 1. The first kappa shape index (κ1) is 16.9. The number of hydrogen-bond donors (Lipinski definition) is 1. The zero-order valence-corrected chi connectivity index (χ0v) is 13.8. The van der Waals surface area contributed by atoms with Gasteiger partial charge in [0.15, 0.2) is 0 Å². The molecule has 0 bridgehead atoms. The molecule has 1 saturated carbocycles. The number of hydrogen-bond acceptors (Lipinski definition) is 3. The SMILES string of the molecule is O=C(CN1CCN(C(=O)C2CCCC2)CC1)Nc1ccc(F)cc1. The molecule has 0 unspecified atom stereocenters. The Balaban J connectivity index is 1.42. The van der Waals surface area contributed by atoms with E-state index < -0.39 is 0 Å². The molecule has 1 saturated heterocycles. The summed E-state index contributed by atoms with van der Waals surface area (Å²) < 4.78 is 12.9. The van der Waals surface area contributed by atoms with Crippen molar-refractivity contribution in [2.75, 3.05) is 38.0 Å². The van der Waals surface area contributed by atoms with Gasteiger partial charge in [-0.3, -0.25) is 14.5 Å². The van der Waals surface area contributed by atoms with E-state index in [4.69, 9.17) is 0 Å². The molecule has 1 heterocycles. The van der Waals surface area contributed by atoms with Crippen LogP contribution in [0.25, 0.3) is 0 Å². The molecular formula is C18H24FN3O2. The predicted molar refractivity (Wildman–Crippen MR) is 90.0 cm³/mol. The predicted octanol–water partition coefficient (Wildman–Crippen LogP) is 2.10. The number of nitrogens with one attached hydrogen (secondary N) is 1. The molecule has 2 aliphatic rings. The number of piperazine rings is 1. The molecule has 1 aromatic rings. The summed E-state index contributed by atoms with van der Waals surface area (Å²) in [6.07, 6.45) is 4.39. The van der Waals surface area contributed by atoms with Crippen LogP contribution in [0.5, 0.6) is 0 Å². The summed E-state index contributed by atoms with van der Waals surface area (Å²) in [7, 11) is 0. The minimum absolute atomic E-state index is 0.114. The number of carbonyl (C=O) groups is 2. The first-order valence-electron chi connectivity index (χ1n) is 8.68. The van der Waals surface area contributed by atoms with E-state index >= 15 is 0 Å². The Morgan fingerprint density at radius 2 is 1.67 bits per heavy atom. The maximum Gasteiger partial charge on any atom is 0.238 e. The van der Waals surface area contributed by atoms with Gasteiger partial charge in [0, 0.05) is 37.8 Å². The van der Waals surface area contributed by atoms with Crippen LogP contribution >= 0.6 is 0 Å². The lowest BCUT2D eigenvalue weighted by molar-refractivity contribution is -0.137. The smallest absolute Gasteiger partial charge is 0.238 e. The number of carbonyl (C=O) groups excluding carboxylic acids is 2. The van der Waals surface area contributed by atoms with Crippen LogP contribution in [-0.4, -0.2) is 54.3 Å². The van der Waals surface area contributed by atoms with Gasteiger partial charge < -0.3 is 10.2 Å². The molecule has 130 valence electrons. The maximum absolute atomic E-state index is 12.9. The molecule has 2 amide bonds. The minimum atomic E-state index is -0.323. The molecule has 5 nitrogen and oxygen atoms in total. The summed E-state index contributed by atoms with van der Waals surface area (Å²) in [5, 5.41) is 2.77. The molecule has 1 aliphatic heterocycles. The summed E-state index contributed by atoms with van der Waals surface area (Å²) in [6.45, 7) is 3.12. The second kappa shape index (κ2) is 7.75. The van der Waals surface area contributed by atoms with Gasteiger partial charge in [0.05, 0.1) is 6.54 Å². The Hall–Kier alpha value is -1.95. The zero-order valence-electron chi connectivity index (χ0n) is 13.8. The van der Waals surface area contributed by atoms with Crippen molar-refractivity contribution in [2.24, 2.45) is 5.92 Å². The molecular weight excluding hydrogens is 309 g/mol. The number of rotatable bonds is 4. The lowest BCUT2D eigenvalue weighted by Gasteiger charge is -2.35. The van der Waals surface area contributed by atoms with Crippen LogP contribution in [0.15, 0.2) is 24.3 Å². The summed E-state index contributed by atoms with van der Waals surface area (Å²) in [4.78, 5) is 28.5. The fourth-order valence-electron chi connectivity index (χ4n) is 3.49. The van der Waals surface area contributed by atoms with Crippen LogP contribution in [0.1, 0.15) is 25.7 Å². The minimum Gasteiger partial charge on any atom is -0.340 e. The van der Waals surface area contributed by atoms with Gasteiger partial charge in [-0.1, -0.05) is 12.8 Å². The molecule has 0 atom stereocenters. The van der Waals surface area contributed by atoms with E-state index in [1.807, 2.05) is 4.90 Å². The van der Waals surface area contributed by atoms with Crippen LogP contribution in [0.3, 0.4) is 0 Å². The van der Waals surface area contributed by atoms with E-state index in [1.54, 1.807) is 12.1 Å². The summed E-state index contributed by atoms with van der Waals surface area (Å²) in [5.74, 6) is 0.0782. The number of benzene rings is 1. The standard InChI is InChI=1S/C18H24FN3O2/c19-15-5-7-16(8-6-15)20-17(23)13-21-9-11-22(12-10-21)18(24)14-3-1-2-4-14/h5-8,14H,1-4,9-13H2,(H,20,23). The summed E-state index contributed by atoms with van der Waals surface area (Å²) in [6, 6.07) is 5.74. The van der Waals surface area contributed by atoms with E-state index in [0.29, 0.717) is 31.2 Å². The van der Waals surface area contributed by atoms with E-state index in [0.717, 1.165) is 25.9 Å². The Morgan fingerprint density at radius 3 is 2.29 bits per heavy atom. The Morgan fingerprint density at radius 1 is 1.04 bits per heavy atom. The number of amides is 2. The average Bonchev–Trinajstić information content (AvgIpc) is 3.11. The third-order valence-electron chi connectivity index (χ3n) is 4.88. The van der Waals surface area contributed by atoms with Gasteiger partial charge in [-0.05, 0) is 37.1 Å². The van der Waals surface area contributed by atoms with E-state index in [9.17, 15) is 14.0 Å². The highest BCUT2D eigenvalue weighted by Gasteiger charge is 2.29. The van der Waals surface area contributed by atoms with Crippen molar-refractivity contribution in [1.82, 2.24) is 9.80 Å². The second-order valence-corrected chi connectivity index (χ2v) is 6.64. The van der Waals surface area contributed by atoms with E-state index in [2.05, 4.69) is 10.2 Å². The first-order valence-corrected chi connectivity index (χ1v) is 8.68. The Labute approximate surface area is 141 Å². The van der Waals surface area contributed by atoms with Crippen molar-refractivity contribution >= 4 is 17.5 Å². The molecule has 2 fully saturated rings. The third kappa shape index (κ3) is 4.32. The molecule has 6 heteroatoms. The lowest BCUT2D eigenvalue weighted by Crippen LogP contribution is -2.51. The first-order chi connectivity index (χ1) is 11.6. The van der Waals surface area contributed by atoms with Gasteiger partial charge >= 0.3 is 0 Å². The van der Waals surface area contributed by atoms with Crippen LogP contribution in [-0.2, 0) is 9.59 Å². The highest BCUT2D eigenvalue weighted by Crippen LogP contribution is 2.26. The van der Waals surface area contributed by atoms with Gasteiger partial charge in [-0.2, -0.15) is 0 Å². The highest BCUT2D eigenvalue weighted by molar-refractivity contribution is 5.92. The van der Waals surface area contributed by atoms with Crippen molar-refractivity contribution < 1.29 is 14.0 Å². The normalized spacial score (nSPS) is 19.5. The molecule has 1 aromatic carbocycles. The summed E-state index contributed by atoms with van der Waals surface area (Å²) in [5.41, 5.74) is 0.594. The lowest BCUT2D eigenvalue weighted by atomic mass is 10.1. The van der Waals surface area contributed by atoms with Crippen LogP contribution < -0.4 is 5.32 Å². The van der Waals surface area contributed by atoms with Gasteiger partial charge in [-0.25, -0.2) is 4.39 Å². The molecule has 0 spiro atoms. The van der Waals surface area contributed by atoms with Crippen molar-refractivity contribution in [3.05, 3.63) is 30.1 Å².